The minimum Gasteiger partial charge on any atom is -0.458 e. The van der Waals surface area contributed by atoms with Crippen molar-refractivity contribution >= 4 is 23.1 Å². The van der Waals surface area contributed by atoms with Gasteiger partial charge in [-0.1, -0.05) is 109 Å². The van der Waals surface area contributed by atoms with Gasteiger partial charge in [-0.05, 0) is 122 Å². The predicted molar refractivity (Wildman–Crippen MR) is 211 cm³/mol. The molecule has 3 heterocycles. The Labute approximate surface area is 302 Å². The lowest BCUT2D eigenvalue weighted by atomic mass is 9.34. The van der Waals surface area contributed by atoms with Gasteiger partial charge in [0, 0.05) is 16.4 Å². The highest BCUT2D eigenvalue weighted by Crippen LogP contribution is 2.44. The molecule has 0 bridgehead atoms. The minimum absolute atomic E-state index is 0.00424. The maximum atomic E-state index is 6.61. The van der Waals surface area contributed by atoms with E-state index in [0.29, 0.717) is 0 Å². The van der Waals surface area contributed by atoms with E-state index in [1.165, 1.54) is 33.4 Å². The zero-order valence-corrected chi connectivity index (χ0v) is 28.0. The molecular formula is C48H29BO3. The van der Waals surface area contributed by atoms with Crippen LogP contribution in [0.15, 0.2) is 176 Å². The lowest BCUT2D eigenvalue weighted by Gasteiger charge is -2.37. The zero-order chi connectivity index (χ0) is 34.2. The Morgan fingerprint density at radius 1 is 0.231 bits per heavy atom. The average molecular weight is 665 g/mol. The van der Waals surface area contributed by atoms with Crippen molar-refractivity contribution in [1.82, 2.24) is 0 Å². The molecule has 0 saturated carbocycles. The molecule has 0 amide bonds. The molecular weight excluding hydrogens is 635 g/mol. The van der Waals surface area contributed by atoms with E-state index in [1.54, 1.807) is 0 Å². The Kier molecular flexibility index (Phi) is 6.35. The van der Waals surface area contributed by atoms with Gasteiger partial charge in [-0.25, -0.2) is 0 Å². The summed E-state index contributed by atoms with van der Waals surface area (Å²) in [5, 5.41) is 0. The van der Waals surface area contributed by atoms with Crippen molar-refractivity contribution < 1.29 is 14.2 Å². The smallest absolute Gasteiger partial charge is 0.270 e. The van der Waals surface area contributed by atoms with E-state index in [4.69, 9.17) is 14.2 Å². The van der Waals surface area contributed by atoms with Gasteiger partial charge < -0.3 is 14.2 Å². The van der Waals surface area contributed by atoms with Crippen LogP contribution in [-0.2, 0) is 0 Å². The van der Waals surface area contributed by atoms with Gasteiger partial charge in [0.1, 0.15) is 34.5 Å². The molecule has 0 aromatic heterocycles. The lowest BCUT2D eigenvalue weighted by Crippen LogP contribution is -2.59. The predicted octanol–water partition coefficient (Wildman–Crippen LogP) is 10.9. The van der Waals surface area contributed by atoms with E-state index in [1.807, 2.05) is 36.4 Å². The first kappa shape index (κ1) is 29.0. The molecule has 0 radical (unpaired) electrons. The lowest BCUT2D eigenvalue weighted by molar-refractivity contribution is 0.443. The van der Waals surface area contributed by atoms with Crippen LogP contribution in [0.2, 0.25) is 0 Å². The maximum absolute atomic E-state index is 6.61. The minimum atomic E-state index is 0.00424. The second-order valence-corrected chi connectivity index (χ2v) is 13.7. The molecule has 0 spiro atoms. The second kappa shape index (κ2) is 11.4. The molecule has 3 nitrogen and oxygen atoms in total. The van der Waals surface area contributed by atoms with Crippen molar-refractivity contribution in [3.05, 3.63) is 176 Å². The molecule has 3 aliphatic heterocycles. The quantitative estimate of drug-likeness (QED) is 0.171. The molecule has 11 rings (SSSR count). The summed E-state index contributed by atoms with van der Waals surface area (Å²) in [5.74, 6) is 4.99. The molecule has 3 aliphatic rings. The van der Waals surface area contributed by atoms with Crippen LogP contribution in [0.5, 0.6) is 34.5 Å². The maximum Gasteiger partial charge on any atom is 0.270 e. The Morgan fingerprint density at radius 2 is 0.519 bits per heavy atom. The topological polar surface area (TPSA) is 27.7 Å². The molecule has 8 aromatic rings. The van der Waals surface area contributed by atoms with Gasteiger partial charge >= 0.3 is 0 Å². The largest absolute Gasteiger partial charge is 0.458 e. The van der Waals surface area contributed by atoms with Crippen LogP contribution in [0.1, 0.15) is 0 Å². The van der Waals surface area contributed by atoms with Crippen molar-refractivity contribution in [3.8, 4) is 90.1 Å². The van der Waals surface area contributed by atoms with Crippen LogP contribution in [0.3, 0.4) is 0 Å². The SMILES string of the molecule is c1ccc(-c2cc(-c3ccccc3)cc(-c3cccc(-c4cccc(-c5cc6c7c(c5)Oc5cccc8c5B7c5c(cccc5O6)O8)c4)c3)c2)cc1. The molecule has 0 unspecified atom stereocenters. The normalized spacial score (nSPS) is 12.7. The van der Waals surface area contributed by atoms with Gasteiger partial charge in [0.15, 0.2) is 0 Å². The van der Waals surface area contributed by atoms with Crippen molar-refractivity contribution in [2.45, 2.75) is 0 Å². The Hall–Kier alpha value is -6.78. The summed E-state index contributed by atoms with van der Waals surface area (Å²) in [6.45, 7) is 0.00424. The molecule has 0 fully saturated rings. The molecule has 0 saturated heterocycles. The van der Waals surface area contributed by atoms with E-state index in [9.17, 15) is 0 Å². The van der Waals surface area contributed by atoms with E-state index in [0.717, 1.165) is 73.1 Å². The molecule has 4 heteroatoms. The highest BCUT2D eigenvalue weighted by molar-refractivity contribution is 6.99. The van der Waals surface area contributed by atoms with Crippen molar-refractivity contribution in [3.63, 3.8) is 0 Å². The van der Waals surface area contributed by atoms with Gasteiger partial charge in [0.25, 0.3) is 6.71 Å². The van der Waals surface area contributed by atoms with Gasteiger partial charge in [0.05, 0.1) is 0 Å². The first-order chi connectivity index (χ1) is 25.7. The fourth-order valence-electron chi connectivity index (χ4n) is 8.13. The Bertz CT molecular complexity index is 2580. The van der Waals surface area contributed by atoms with Crippen LogP contribution < -0.4 is 30.6 Å². The van der Waals surface area contributed by atoms with E-state index >= 15 is 0 Å². The monoisotopic (exact) mass is 664 g/mol. The summed E-state index contributed by atoms with van der Waals surface area (Å²) in [6.07, 6.45) is 0. The third-order valence-corrected chi connectivity index (χ3v) is 10.6. The summed E-state index contributed by atoms with van der Waals surface area (Å²) < 4.78 is 19.6. The van der Waals surface area contributed by atoms with Gasteiger partial charge in [-0.3, -0.25) is 0 Å². The number of ether oxygens (including phenoxy) is 3. The van der Waals surface area contributed by atoms with Crippen LogP contribution in [-0.4, -0.2) is 6.71 Å². The summed E-state index contributed by atoms with van der Waals surface area (Å²) in [4.78, 5) is 0. The number of hydrogen-bond donors (Lipinski definition) is 0. The summed E-state index contributed by atoms with van der Waals surface area (Å²) in [5.41, 5.74) is 14.8. The first-order valence-corrected chi connectivity index (χ1v) is 17.7. The Balaban J connectivity index is 0.994. The third-order valence-electron chi connectivity index (χ3n) is 10.6. The third kappa shape index (κ3) is 4.62. The zero-order valence-electron chi connectivity index (χ0n) is 28.0. The van der Waals surface area contributed by atoms with E-state index in [2.05, 4.69) is 140 Å². The van der Waals surface area contributed by atoms with Crippen molar-refractivity contribution in [2.75, 3.05) is 0 Å². The van der Waals surface area contributed by atoms with Gasteiger partial charge in [-0.2, -0.15) is 0 Å². The van der Waals surface area contributed by atoms with Gasteiger partial charge in [-0.15, -0.1) is 0 Å². The fourth-order valence-corrected chi connectivity index (χ4v) is 8.13. The summed E-state index contributed by atoms with van der Waals surface area (Å²) >= 11 is 0. The van der Waals surface area contributed by atoms with E-state index < -0.39 is 0 Å². The van der Waals surface area contributed by atoms with Crippen LogP contribution in [0.25, 0.3) is 55.6 Å². The number of rotatable bonds is 5. The van der Waals surface area contributed by atoms with Crippen LogP contribution in [0.4, 0.5) is 0 Å². The van der Waals surface area contributed by atoms with Crippen LogP contribution >= 0.6 is 0 Å². The molecule has 8 aromatic carbocycles. The van der Waals surface area contributed by atoms with Crippen molar-refractivity contribution in [1.29, 1.82) is 0 Å². The fraction of sp³-hybridized carbons (Fsp3) is 0. The standard InChI is InChI=1S/C48H29BO3/c1-3-11-30(12-4-1)36-25-37(31-13-5-2-6-14-31)27-38(26-36)34-17-7-15-32(23-34)33-16-8-18-35(24-33)39-28-44-48-45(29-39)52-43-22-10-20-41-47(43)49(48)46-40(50-41)19-9-21-42(46)51-44/h1-29H. The number of benzene rings is 8. The van der Waals surface area contributed by atoms with Crippen molar-refractivity contribution in [2.24, 2.45) is 0 Å². The highest BCUT2D eigenvalue weighted by atomic mass is 16.5. The average Bonchev–Trinajstić information content (AvgIpc) is 3.21. The molecule has 52 heavy (non-hydrogen) atoms. The van der Waals surface area contributed by atoms with Gasteiger partial charge in [0.2, 0.25) is 0 Å². The number of hydrogen-bond acceptors (Lipinski definition) is 3. The highest BCUT2D eigenvalue weighted by Gasteiger charge is 2.46. The van der Waals surface area contributed by atoms with Crippen LogP contribution in [0, 0.1) is 0 Å². The first-order valence-electron chi connectivity index (χ1n) is 17.7. The summed E-state index contributed by atoms with van der Waals surface area (Å²) in [7, 11) is 0. The molecule has 0 atom stereocenters. The summed E-state index contributed by atoms with van der Waals surface area (Å²) in [6, 6.07) is 62.2. The molecule has 242 valence electrons. The molecule has 0 N–H and O–H groups in total. The Morgan fingerprint density at radius 3 is 0.962 bits per heavy atom. The molecule has 0 aliphatic carbocycles. The second-order valence-electron chi connectivity index (χ2n) is 13.7. The van der Waals surface area contributed by atoms with E-state index in [-0.39, 0.29) is 6.71 Å².